The van der Waals surface area contributed by atoms with E-state index < -0.39 is 0 Å². The highest BCUT2D eigenvalue weighted by molar-refractivity contribution is 5.31. The van der Waals surface area contributed by atoms with Crippen molar-refractivity contribution in [2.24, 2.45) is 0 Å². The zero-order valence-corrected chi connectivity index (χ0v) is 14.5. The summed E-state index contributed by atoms with van der Waals surface area (Å²) in [6, 6.07) is 23.3. The van der Waals surface area contributed by atoms with E-state index in [0.29, 0.717) is 6.04 Å². The van der Waals surface area contributed by atoms with Gasteiger partial charge in [-0.15, -0.1) is 0 Å². The molecule has 0 aliphatic carbocycles. The van der Waals surface area contributed by atoms with Gasteiger partial charge in [-0.05, 0) is 36.9 Å². The van der Waals surface area contributed by atoms with Crippen LogP contribution in [0.1, 0.15) is 42.9 Å². The van der Waals surface area contributed by atoms with Gasteiger partial charge in [0.2, 0.25) is 0 Å². The summed E-state index contributed by atoms with van der Waals surface area (Å²) in [5.41, 5.74) is 2.84. The summed E-state index contributed by atoms with van der Waals surface area (Å²) in [5, 5.41) is 0. The van der Waals surface area contributed by atoms with Crippen LogP contribution in [0.2, 0.25) is 0 Å². The second-order valence-electron chi connectivity index (χ2n) is 7.23. The monoisotopic (exact) mass is 320 g/mol. The Bertz CT molecular complexity index is 569. The molecule has 0 radical (unpaired) electrons. The first kappa shape index (κ1) is 15.9. The molecule has 0 bridgehead atoms. The molecule has 126 valence electrons. The normalized spacial score (nSPS) is 23.0. The molecule has 2 saturated heterocycles. The molecule has 1 unspecified atom stereocenters. The van der Waals surface area contributed by atoms with Crippen molar-refractivity contribution < 1.29 is 0 Å². The molecule has 2 nitrogen and oxygen atoms in total. The SMILES string of the molecule is c1ccc(C(c2ccccc2)N2CCC3CCCCN3CC2)cc1. The van der Waals surface area contributed by atoms with Gasteiger partial charge < -0.3 is 0 Å². The van der Waals surface area contributed by atoms with E-state index in [2.05, 4.69) is 70.5 Å². The van der Waals surface area contributed by atoms with Crippen molar-refractivity contribution in [1.29, 1.82) is 0 Å². The van der Waals surface area contributed by atoms with E-state index >= 15 is 0 Å². The molecule has 2 fully saturated rings. The topological polar surface area (TPSA) is 6.48 Å². The summed E-state index contributed by atoms with van der Waals surface area (Å²) in [6.07, 6.45) is 5.52. The van der Waals surface area contributed by atoms with E-state index in [1.807, 2.05) is 0 Å². The summed E-state index contributed by atoms with van der Waals surface area (Å²) < 4.78 is 0. The Morgan fingerprint density at radius 1 is 0.667 bits per heavy atom. The number of fused-ring (bicyclic) bond motifs is 1. The van der Waals surface area contributed by atoms with Gasteiger partial charge in [-0.1, -0.05) is 67.1 Å². The van der Waals surface area contributed by atoms with Gasteiger partial charge in [-0.2, -0.15) is 0 Å². The molecule has 0 spiro atoms. The smallest absolute Gasteiger partial charge is 0.0602 e. The first-order chi connectivity index (χ1) is 11.9. The largest absolute Gasteiger partial charge is 0.299 e. The highest BCUT2D eigenvalue weighted by Crippen LogP contribution is 2.31. The number of piperidine rings is 1. The maximum atomic E-state index is 2.75. The second-order valence-corrected chi connectivity index (χ2v) is 7.23. The van der Waals surface area contributed by atoms with Crippen molar-refractivity contribution in [1.82, 2.24) is 9.80 Å². The van der Waals surface area contributed by atoms with Crippen molar-refractivity contribution in [2.45, 2.75) is 37.8 Å². The Morgan fingerprint density at radius 3 is 2.00 bits per heavy atom. The third-order valence-electron chi connectivity index (χ3n) is 5.77. The highest BCUT2D eigenvalue weighted by Gasteiger charge is 2.30. The maximum absolute atomic E-state index is 2.75. The van der Waals surface area contributed by atoms with Gasteiger partial charge in [0.25, 0.3) is 0 Å². The van der Waals surface area contributed by atoms with Crippen molar-refractivity contribution in [3.63, 3.8) is 0 Å². The minimum absolute atomic E-state index is 0.383. The van der Waals surface area contributed by atoms with Crippen LogP contribution in [0.25, 0.3) is 0 Å². The molecular formula is C22H28N2. The van der Waals surface area contributed by atoms with Crippen molar-refractivity contribution >= 4 is 0 Å². The molecule has 24 heavy (non-hydrogen) atoms. The van der Waals surface area contributed by atoms with Gasteiger partial charge in [0, 0.05) is 25.7 Å². The first-order valence-corrected chi connectivity index (χ1v) is 9.50. The molecule has 0 amide bonds. The number of nitrogens with zero attached hydrogens (tertiary/aromatic N) is 2. The third-order valence-corrected chi connectivity index (χ3v) is 5.77. The van der Waals surface area contributed by atoms with Crippen LogP contribution in [0.3, 0.4) is 0 Å². The fourth-order valence-electron chi connectivity index (χ4n) is 4.51. The fraction of sp³-hybridized carbons (Fsp3) is 0.455. The summed E-state index contributed by atoms with van der Waals surface area (Å²) in [5.74, 6) is 0. The number of hydrogen-bond acceptors (Lipinski definition) is 2. The Morgan fingerprint density at radius 2 is 1.33 bits per heavy atom. The molecule has 2 aliphatic heterocycles. The van der Waals surface area contributed by atoms with Gasteiger partial charge in [-0.25, -0.2) is 0 Å². The molecule has 4 rings (SSSR count). The number of hydrogen-bond donors (Lipinski definition) is 0. The molecular weight excluding hydrogens is 292 g/mol. The van der Waals surface area contributed by atoms with E-state index in [9.17, 15) is 0 Å². The lowest BCUT2D eigenvalue weighted by molar-refractivity contribution is 0.154. The average Bonchev–Trinajstić information content (AvgIpc) is 2.87. The fourth-order valence-corrected chi connectivity index (χ4v) is 4.51. The van der Waals surface area contributed by atoms with Crippen LogP contribution in [0, 0.1) is 0 Å². The zero-order chi connectivity index (χ0) is 16.2. The quantitative estimate of drug-likeness (QED) is 0.830. The van der Waals surface area contributed by atoms with Crippen molar-refractivity contribution in [3.8, 4) is 0 Å². The average molecular weight is 320 g/mol. The predicted octanol–water partition coefficient (Wildman–Crippen LogP) is 4.34. The second kappa shape index (κ2) is 7.50. The number of benzene rings is 2. The lowest BCUT2D eigenvalue weighted by atomic mass is 9.96. The molecule has 0 N–H and O–H groups in total. The van der Waals surface area contributed by atoms with E-state index in [1.165, 1.54) is 63.0 Å². The molecule has 2 aliphatic rings. The lowest BCUT2D eigenvalue weighted by Crippen LogP contribution is -2.40. The summed E-state index contributed by atoms with van der Waals surface area (Å²) in [7, 11) is 0. The van der Waals surface area contributed by atoms with E-state index in [1.54, 1.807) is 0 Å². The lowest BCUT2D eigenvalue weighted by Gasteiger charge is -2.33. The molecule has 1 atom stereocenters. The Hall–Kier alpha value is -1.64. The molecule has 0 aromatic heterocycles. The van der Waals surface area contributed by atoms with Gasteiger partial charge in [0.05, 0.1) is 6.04 Å². The minimum atomic E-state index is 0.383. The van der Waals surface area contributed by atoms with Crippen LogP contribution in [0.15, 0.2) is 60.7 Å². The van der Waals surface area contributed by atoms with Crippen molar-refractivity contribution in [2.75, 3.05) is 26.2 Å². The third kappa shape index (κ3) is 3.40. The Balaban J connectivity index is 1.61. The number of rotatable bonds is 3. The highest BCUT2D eigenvalue weighted by atomic mass is 15.3. The minimum Gasteiger partial charge on any atom is -0.299 e. The molecule has 2 heteroatoms. The van der Waals surface area contributed by atoms with Crippen LogP contribution in [-0.2, 0) is 0 Å². The molecule has 2 aromatic rings. The molecule has 0 saturated carbocycles. The van der Waals surface area contributed by atoms with Crippen LogP contribution >= 0.6 is 0 Å². The Labute approximate surface area is 146 Å². The summed E-state index contributed by atoms with van der Waals surface area (Å²) >= 11 is 0. The molecule has 2 aromatic carbocycles. The Kier molecular flexibility index (Phi) is 4.96. The van der Waals surface area contributed by atoms with Crippen molar-refractivity contribution in [3.05, 3.63) is 71.8 Å². The van der Waals surface area contributed by atoms with E-state index in [0.717, 1.165) is 6.04 Å². The first-order valence-electron chi connectivity index (χ1n) is 9.50. The zero-order valence-electron chi connectivity index (χ0n) is 14.5. The van der Waals surface area contributed by atoms with Crippen LogP contribution in [0.4, 0.5) is 0 Å². The standard InChI is InChI=1S/C22H28N2/c1-3-9-19(10-4-1)22(20-11-5-2-6-12-20)24-16-14-21-13-7-8-15-23(21)17-18-24/h1-6,9-12,21-22H,7-8,13-18H2. The van der Waals surface area contributed by atoms with Gasteiger partial charge in [-0.3, -0.25) is 9.80 Å². The maximum Gasteiger partial charge on any atom is 0.0602 e. The van der Waals surface area contributed by atoms with Crippen LogP contribution in [-0.4, -0.2) is 42.0 Å². The van der Waals surface area contributed by atoms with Crippen LogP contribution < -0.4 is 0 Å². The van der Waals surface area contributed by atoms with Gasteiger partial charge in [0.15, 0.2) is 0 Å². The summed E-state index contributed by atoms with van der Waals surface area (Å²) in [4.78, 5) is 5.46. The van der Waals surface area contributed by atoms with Gasteiger partial charge in [0.1, 0.15) is 0 Å². The predicted molar refractivity (Wildman–Crippen MR) is 100 cm³/mol. The van der Waals surface area contributed by atoms with Crippen LogP contribution in [0.5, 0.6) is 0 Å². The van der Waals surface area contributed by atoms with E-state index in [4.69, 9.17) is 0 Å². The molecule has 2 heterocycles. The van der Waals surface area contributed by atoms with Gasteiger partial charge >= 0.3 is 0 Å². The van der Waals surface area contributed by atoms with E-state index in [-0.39, 0.29) is 0 Å². The summed E-state index contributed by atoms with van der Waals surface area (Å²) in [6.45, 7) is 4.90.